The van der Waals surface area contributed by atoms with Gasteiger partial charge in [-0.2, -0.15) is 4.84 Å². The fourth-order valence-corrected chi connectivity index (χ4v) is 5.50. The maximum Gasteiger partial charge on any atom is 0.388 e. The third-order valence-electron chi connectivity index (χ3n) is 6.85. The van der Waals surface area contributed by atoms with Crippen LogP contribution in [-0.4, -0.2) is 44.5 Å². The molecule has 196 valence electrons. The van der Waals surface area contributed by atoms with E-state index in [1.165, 1.54) is 31.5 Å². The summed E-state index contributed by atoms with van der Waals surface area (Å²) in [4.78, 5) is 32.5. The Hall–Kier alpha value is -2.06. The number of anilines is 1. The first kappa shape index (κ1) is 28.5. The molecular weight excluding hydrogens is 596 g/mol. The molecule has 2 amide bonds. The van der Waals surface area contributed by atoms with Crippen molar-refractivity contribution in [1.29, 1.82) is 0 Å². The molecule has 3 N–H and O–H groups in total. The number of nitrogens with one attached hydrogen (secondary N) is 1. The monoisotopic (exact) mass is 630 g/mol. The molecule has 8 nitrogen and oxygen atoms in total. The zero-order valence-corrected chi connectivity index (χ0v) is 24.9. The van der Waals surface area contributed by atoms with E-state index in [-0.39, 0.29) is 46.2 Å². The molecule has 0 bridgehead atoms. The predicted octanol–water partition coefficient (Wildman–Crippen LogP) is 5.62. The fourth-order valence-electron chi connectivity index (χ4n) is 3.62. The number of furan rings is 1. The number of fused-ring (bicyclic) bond motifs is 1. The van der Waals surface area contributed by atoms with Crippen LogP contribution in [0.4, 0.5) is 10.1 Å². The first-order valence-corrected chi connectivity index (χ1v) is 15.7. The summed E-state index contributed by atoms with van der Waals surface area (Å²) in [7, 11) is -0.632. The van der Waals surface area contributed by atoms with Gasteiger partial charge in [0, 0.05) is 3.57 Å². The molecule has 0 aliphatic carbocycles. The van der Waals surface area contributed by atoms with Crippen molar-refractivity contribution >= 4 is 54.0 Å². The molecule has 1 aliphatic heterocycles. The molecular formula is C25H34FIN3O5Si+. The first-order valence-electron chi connectivity index (χ1n) is 11.7. The van der Waals surface area contributed by atoms with E-state index < -0.39 is 30.6 Å². The van der Waals surface area contributed by atoms with E-state index in [1.807, 2.05) is 29.5 Å². The molecule has 1 aromatic heterocycles. The molecule has 2 aromatic rings. The van der Waals surface area contributed by atoms with Gasteiger partial charge in [-0.3, -0.25) is 4.79 Å². The Bertz CT molecular complexity index is 1210. The van der Waals surface area contributed by atoms with E-state index in [9.17, 15) is 14.0 Å². The Morgan fingerprint density at radius 2 is 1.97 bits per heavy atom. The lowest BCUT2D eigenvalue weighted by atomic mass is 10.0. The molecule has 0 spiro atoms. The highest BCUT2D eigenvalue weighted by atomic mass is 127. The highest BCUT2D eigenvalue weighted by Gasteiger charge is 2.52. The lowest BCUT2D eigenvalue weighted by molar-refractivity contribution is -0.994. The van der Waals surface area contributed by atoms with Crippen LogP contribution in [0.3, 0.4) is 0 Å². The number of quaternary nitrogens is 1. The van der Waals surface area contributed by atoms with Crippen LogP contribution >= 0.6 is 22.6 Å². The van der Waals surface area contributed by atoms with Crippen molar-refractivity contribution in [3.05, 3.63) is 57.1 Å². The maximum absolute atomic E-state index is 14.8. The summed E-state index contributed by atoms with van der Waals surface area (Å²) in [6.45, 7) is 12.8. The van der Waals surface area contributed by atoms with Crippen molar-refractivity contribution in [3.8, 4) is 0 Å². The Kier molecular flexibility index (Phi) is 8.21. The van der Waals surface area contributed by atoms with Gasteiger partial charge in [0.2, 0.25) is 0 Å². The molecule has 11 heteroatoms. The average Bonchev–Trinajstić information content (AvgIpc) is 3.25. The number of hydrogen-bond acceptors (Lipinski definition) is 6. The molecule has 2 heterocycles. The molecule has 0 saturated heterocycles. The SMILES string of the molecule is CCC(CO[N+]1(C)C(=O)c2ccoc2C(C(N)=O)=C1Nc1ccc(I)cc1F)O[Si](C)(C)C(C)(C)C. The number of halogens is 2. The van der Waals surface area contributed by atoms with E-state index in [0.29, 0.717) is 9.99 Å². The van der Waals surface area contributed by atoms with Crippen molar-refractivity contribution in [2.24, 2.45) is 5.73 Å². The van der Waals surface area contributed by atoms with Gasteiger partial charge < -0.3 is 19.9 Å². The first-order chi connectivity index (χ1) is 16.6. The van der Waals surface area contributed by atoms with E-state index in [1.54, 1.807) is 6.07 Å². The van der Waals surface area contributed by atoms with Crippen LogP contribution in [0.5, 0.6) is 0 Å². The number of hydroxylamine groups is 3. The maximum atomic E-state index is 14.8. The average molecular weight is 631 g/mol. The van der Waals surface area contributed by atoms with Gasteiger partial charge in [-0.15, -0.1) is 0 Å². The van der Waals surface area contributed by atoms with E-state index in [4.69, 9.17) is 19.4 Å². The number of nitrogens with two attached hydrogens (primary N) is 1. The third-order valence-corrected chi connectivity index (χ3v) is 12.1. The van der Waals surface area contributed by atoms with Gasteiger partial charge in [-0.25, -0.2) is 9.18 Å². The lowest BCUT2D eigenvalue weighted by Crippen LogP contribution is -2.55. The molecule has 0 fully saturated rings. The summed E-state index contributed by atoms with van der Waals surface area (Å²) >= 11 is 2.00. The van der Waals surface area contributed by atoms with Gasteiger partial charge in [-0.05, 0) is 71.4 Å². The molecule has 0 radical (unpaired) electrons. The van der Waals surface area contributed by atoms with Crippen molar-refractivity contribution in [3.63, 3.8) is 0 Å². The normalized spacial score (nSPS) is 19.3. The molecule has 1 aromatic carbocycles. The molecule has 0 saturated carbocycles. The smallest absolute Gasteiger partial charge is 0.388 e. The summed E-state index contributed by atoms with van der Waals surface area (Å²) in [6, 6.07) is 6.02. The van der Waals surface area contributed by atoms with Crippen LogP contribution in [0.2, 0.25) is 18.1 Å². The van der Waals surface area contributed by atoms with Crippen LogP contribution in [-0.2, 0) is 14.1 Å². The number of nitrogens with zero attached hydrogens (tertiary/aromatic N) is 1. The standard InChI is InChI=1S/C25H33FIN3O5Si/c1-8-16(35-36(6,7)25(2,3)4)14-34-30(5)23(29-19-10-9-15(27)13-18(19)26)20(22(28)31)21-17(24(30)32)11-12-33-21/h9-13,16H,8,14H2,1-7H3,(H2-,28,29,31,32)/p+1. The van der Waals surface area contributed by atoms with Crippen molar-refractivity contribution in [1.82, 2.24) is 0 Å². The van der Waals surface area contributed by atoms with Crippen LogP contribution in [0.15, 0.2) is 40.8 Å². The minimum absolute atomic E-state index is 0.0142. The van der Waals surface area contributed by atoms with Crippen LogP contribution in [0.1, 0.15) is 50.2 Å². The summed E-state index contributed by atoms with van der Waals surface area (Å²) < 4.78 is 26.7. The molecule has 2 unspecified atom stereocenters. The zero-order valence-electron chi connectivity index (χ0n) is 21.7. The largest absolute Gasteiger partial charge is 0.463 e. The second-order valence-electron chi connectivity index (χ2n) is 10.4. The highest BCUT2D eigenvalue weighted by molar-refractivity contribution is 14.1. The molecule has 36 heavy (non-hydrogen) atoms. The van der Waals surface area contributed by atoms with E-state index in [0.717, 1.165) is 0 Å². The van der Waals surface area contributed by atoms with Crippen LogP contribution in [0.25, 0.3) is 5.57 Å². The number of hydrogen-bond donors (Lipinski definition) is 2. The molecule has 1 aliphatic rings. The van der Waals surface area contributed by atoms with Crippen LogP contribution < -0.4 is 11.1 Å². The molecule has 2 atom stereocenters. The second-order valence-corrected chi connectivity index (χ2v) is 16.4. The lowest BCUT2D eigenvalue weighted by Gasteiger charge is -2.40. The summed E-state index contributed by atoms with van der Waals surface area (Å²) in [6.07, 6.45) is 1.66. The highest BCUT2D eigenvalue weighted by Crippen LogP contribution is 2.40. The van der Waals surface area contributed by atoms with E-state index >= 15 is 0 Å². The van der Waals surface area contributed by atoms with E-state index in [2.05, 4.69) is 39.2 Å². The Balaban J connectivity index is 2.06. The Morgan fingerprint density at radius 1 is 1.31 bits per heavy atom. The summed E-state index contributed by atoms with van der Waals surface area (Å²) in [5.74, 6) is -1.90. The van der Waals surface area contributed by atoms with Crippen molar-refractivity contribution < 1.29 is 32.3 Å². The van der Waals surface area contributed by atoms with Crippen LogP contribution in [0, 0.1) is 9.39 Å². The quantitative estimate of drug-likeness (QED) is 0.212. The predicted molar refractivity (Wildman–Crippen MR) is 146 cm³/mol. The van der Waals surface area contributed by atoms with Crippen molar-refractivity contribution in [2.75, 3.05) is 19.0 Å². The number of amides is 2. The third kappa shape index (κ3) is 5.44. The number of carbonyl (C=O) groups is 2. The second kappa shape index (κ2) is 10.4. The fraction of sp³-hybridized carbons (Fsp3) is 0.440. The topological polar surface area (TPSA) is 104 Å². The van der Waals surface area contributed by atoms with Gasteiger partial charge in [0.15, 0.2) is 19.7 Å². The minimum Gasteiger partial charge on any atom is -0.463 e. The number of benzene rings is 1. The number of primary amides is 1. The number of rotatable bonds is 9. The van der Waals surface area contributed by atoms with Gasteiger partial charge in [0.05, 0.1) is 18.1 Å². The minimum atomic E-state index is -2.13. The Morgan fingerprint density at radius 3 is 2.53 bits per heavy atom. The molecule has 3 rings (SSSR count). The van der Waals surface area contributed by atoms with Gasteiger partial charge in [0.1, 0.15) is 25.0 Å². The van der Waals surface area contributed by atoms with Crippen molar-refractivity contribution in [2.45, 2.75) is 58.4 Å². The Labute approximate surface area is 225 Å². The summed E-state index contributed by atoms with van der Waals surface area (Å²) in [5, 5.41) is 2.89. The number of carbonyl (C=O) groups excluding carboxylic acids is 2. The zero-order chi connectivity index (χ0) is 27.1. The summed E-state index contributed by atoms with van der Waals surface area (Å²) in [5.41, 5.74) is 5.86. The van der Waals surface area contributed by atoms with Gasteiger partial charge in [-0.1, -0.05) is 32.3 Å². The van der Waals surface area contributed by atoms with Gasteiger partial charge >= 0.3 is 5.91 Å². The van der Waals surface area contributed by atoms with Gasteiger partial charge in [0.25, 0.3) is 11.7 Å².